The standard InChI is InChI=1S/C68H82F10N12O18P2/c1-37-22-42(27-53(91)79-19-21-106-109(97,98)99)55(51(23-37)108-110(100,101)102)64(2,3)28-54(92)107-52(34-88(86-59(94)57(84-63(96)104-9)66(6,7)68(76,77)78)33-46-47(69)25-41(26-48(46)70)49-18-20-89(85-49)60(71)72)50(82-58(93)56(83-62(95)103-8)65(4,5)67(73,74)75)24-39-13-10-38(11-14-39)12-15-40-29-80-61(81-30-40)87-31-43-16-17-44(32-87)90(43)45-35-105-36-45/h10-11,13-14,18,20,22-23,25-26,29-30,43-45,50,52,56-57,60H,16-17,19,21,24,27-28,31-36H2,1-9H3,(H,79,91)(H,82,93)(H,83,95)(H,84,96)(H,86,94)(H2,97,98,99)(H2,100,101,102)/t43?,44?,50-,52-,56+,57+/m0/s1. The van der Waals surface area contributed by atoms with Gasteiger partial charge in [0.1, 0.15) is 35.6 Å². The fraction of sp³-hybridized carbons (Fsp3) is 0.515. The second-order valence-corrected chi connectivity index (χ2v) is 30.5. The molecule has 0 spiro atoms. The summed E-state index contributed by atoms with van der Waals surface area (Å²) in [6.45, 7) is 1.35. The third kappa shape index (κ3) is 22.4. The quantitative estimate of drug-likeness (QED) is 0.00395. The van der Waals surface area contributed by atoms with Crippen molar-refractivity contribution in [1.82, 2.24) is 56.4 Å². The molecule has 5 amide bonds. The number of esters is 1. The number of rotatable bonds is 31. The van der Waals surface area contributed by atoms with Crippen molar-refractivity contribution >= 4 is 57.5 Å². The molecule has 110 heavy (non-hydrogen) atoms. The Labute approximate surface area is 623 Å². The van der Waals surface area contributed by atoms with Gasteiger partial charge in [0.15, 0.2) is 0 Å². The minimum absolute atomic E-state index is 0.0725. The van der Waals surface area contributed by atoms with Crippen LogP contribution in [0, 0.1) is 41.2 Å². The molecule has 9 N–H and O–H groups in total. The predicted octanol–water partition coefficient (Wildman–Crippen LogP) is 7.48. The van der Waals surface area contributed by atoms with Crippen LogP contribution in [-0.4, -0.2) is 200 Å². The second kappa shape index (κ2) is 35.1. The summed E-state index contributed by atoms with van der Waals surface area (Å²) in [6, 6.07) is 3.50. The van der Waals surface area contributed by atoms with Crippen molar-refractivity contribution in [3.63, 3.8) is 0 Å². The van der Waals surface area contributed by atoms with Gasteiger partial charge in [0.2, 0.25) is 17.8 Å². The Bertz CT molecular complexity index is 4290. The summed E-state index contributed by atoms with van der Waals surface area (Å²) in [4.78, 5) is 137. The number of fused-ring (bicyclic) bond motifs is 2. The lowest BCUT2D eigenvalue weighted by atomic mass is 9.77. The molecule has 3 saturated heterocycles. The molecule has 3 aliphatic heterocycles. The maximum absolute atomic E-state index is 16.9. The molecule has 2 unspecified atom stereocenters. The van der Waals surface area contributed by atoms with Crippen LogP contribution in [0.25, 0.3) is 11.3 Å². The number of aryl methyl sites for hydroxylation is 1. The van der Waals surface area contributed by atoms with Crippen LogP contribution >= 0.6 is 15.6 Å². The Kier molecular flexibility index (Phi) is 27.6. The van der Waals surface area contributed by atoms with Crippen molar-refractivity contribution < 1.29 is 129 Å². The highest BCUT2D eigenvalue weighted by molar-refractivity contribution is 7.46. The normalized spacial score (nSPS) is 17.0. The Morgan fingerprint density at radius 1 is 0.745 bits per heavy atom. The molecule has 0 radical (unpaired) electrons. The van der Waals surface area contributed by atoms with Gasteiger partial charge in [-0.1, -0.05) is 43.9 Å². The molecule has 5 aromatic rings. The maximum atomic E-state index is 16.9. The van der Waals surface area contributed by atoms with Crippen molar-refractivity contribution in [2.75, 3.05) is 65.1 Å². The van der Waals surface area contributed by atoms with Crippen LogP contribution < -0.4 is 36.1 Å². The number of anilines is 1. The number of piperazine rings is 1. The topological polar surface area (TPSA) is 386 Å². The number of benzene rings is 3. The summed E-state index contributed by atoms with van der Waals surface area (Å²) in [5.41, 5.74) is -8.02. The Hall–Kier alpha value is -9.03. The Morgan fingerprint density at radius 2 is 1.31 bits per heavy atom. The number of nitrogens with zero attached hydrogens (tertiary/aromatic N) is 7. The van der Waals surface area contributed by atoms with E-state index in [1.807, 2.05) is 5.32 Å². The summed E-state index contributed by atoms with van der Waals surface area (Å²) in [7, 11) is -9.17. The fourth-order valence-corrected chi connectivity index (χ4v) is 13.6. The van der Waals surface area contributed by atoms with Gasteiger partial charge in [0.05, 0.1) is 87.6 Å². The van der Waals surface area contributed by atoms with Crippen LogP contribution in [0.4, 0.5) is 59.4 Å². The summed E-state index contributed by atoms with van der Waals surface area (Å²) < 4.78 is 207. The second-order valence-electron chi connectivity index (χ2n) is 28.1. The van der Waals surface area contributed by atoms with E-state index in [1.54, 1.807) is 5.32 Å². The molecule has 3 fully saturated rings. The molecule has 6 atom stereocenters. The molecule has 602 valence electrons. The molecule has 3 aromatic carbocycles. The molecule has 5 heterocycles. The number of carbonyl (C=O) groups is 6. The van der Waals surface area contributed by atoms with E-state index in [0.29, 0.717) is 108 Å². The number of hydrogen-bond acceptors (Lipinski definition) is 20. The zero-order chi connectivity index (χ0) is 81.4. The largest absolute Gasteiger partial charge is 0.524 e. The number of alkyl carbamates (subject to hydrolysis) is 2. The van der Waals surface area contributed by atoms with Crippen molar-refractivity contribution in [3.05, 3.63) is 124 Å². The number of alkyl halides is 8. The molecule has 3 aliphatic rings. The van der Waals surface area contributed by atoms with Gasteiger partial charge in [-0.2, -0.15) is 40.2 Å². The third-order valence-corrected chi connectivity index (χ3v) is 19.7. The molecule has 8 rings (SSSR count). The number of hydrogen-bond donors (Lipinski definition) is 9. The van der Waals surface area contributed by atoms with Crippen LogP contribution in [0.15, 0.2) is 73.2 Å². The van der Waals surface area contributed by atoms with Crippen LogP contribution in [0.3, 0.4) is 0 Å². The average molecular weight is 1610 g/mol. The smallest absolute Gasteiger partial charge is 0.459 e. The molecule has 0 saturated carbocycles. The van der Waals surface area contributed by atoms with Crippen LogP contribution in [-0.2, 0) is 76.6 Å². The van der Waals surface area contributed by atoms with Crippen LogP contribution in [0.1, 0.15) is 106 Å². The van der Waals surface area contributed by atoms with E-state index in [1.165, 1.54) is 63.5 Å². The first-order valence-electron chi connectivity index (χ1n) is 33.8. The number of carbonyl (C=O) groups excluding carboxylic acids is 6. The number of phosphoric ester groups is 2. The molecule has 2 aromatic heterocycles. The van der Waals surface area contributed by atoms with Crippen LogP contribution in [0.2, 0.25) is 0 Å². The van der Waals surface area contributed by atoms with Crippen molar-refractivity contribution in [2.45, 2.75) is 154 Å². The molecule has 0 aliphatic carbocycles. The highest BCUT2D eigenvalue weighted by Gasteiger charge is 2.58. The van der Waals surface area contributed by atoms with Gasteiger partial charge >= 0.3 is 52.7 Å². The van der Waals surface area contributed by atoms with Crippen molar-refractivity contribution in [3.8, 4) is 28.8 Å². The molecular formula is C68H82F10N12O18P2. The average Bonchev–Trinajstić information content (AvgIpc) is 1.56. The van der Waals surface area contributed by atoms with Crippen molar-refractivity contribution in [2.24, 2.45) is 10.8 Å². The maximum Gasteiger partial charge on any atom is 0.524 e. The molecule has 42 heteroatoms. The first kappa shape index (κ1) is 86.6. The van der Waals surface area contributed by atoms with Crippen LogP contribution in [0.5, 0.6) is 5.75 Å². The first-order chi connectivity index (χ1) is 51.2. The number of methoxy groups -OCH3 is 2. The highest BCUT2D eigenvalue weighted by atomic mass is 31.2. The van der Waals surface area contributed by atoms with E-state index in [2.05, 4.69) is 66.8 Å². The molecular weight excluding hydrogens is 1520 g/mol. The van der Waals surface area contributed by atoms with E-state index in [4.69, 9.17) is 23.8 Å². The monoisotopic (exact) mass is 1610 g/mol. The fourth-order valence-electron chi connectivity index (χ4n) is 12.8. The summed E-state index contributed by atoms with van der Waals surface area (Å²) in [5, 5.41) is 12.3. The van der Waals surface area contributed by atoms with E-state index in [-0.39, 0.29) is 32.5 Å². The van der Waals surface area contributed by atoms with E-state index in [9.17, 15) is 46.9 Å². The van der Waals surface area contributed by atoms with E-state index >= 15 is 44.7 Å². The van der Waals surface area contributed by atoms with Gasteiger partial charge < -0.3 is 59.4 Å². The summed E-state index contributed by atoms with van der Waals surface area (Å²) >= 11 is 0. The van der Waals surface area contributed by atoms with Gasteiger partial charge in [-0.15, -0.1) is 0 Å². The Morgan fingerprint density at radius 3 is 1.82 bits per heavy atom. The zero-order valence-corrected chi connectivity index (χ0v) is 62.3. The van der Waals surface area contributed by atoms with Gasteiger partial charge in [-0.3, -0.25) is 43.8 Å². The Balaban J connectivity index is 1.26. The lowest BCUT2D eigenvalue weighted by Crippen LogP contribution is -2.64. The number of halogens is 10. The van der Waals surface area contributed by atoms with Gasteiger partial charge in [0.25, 0.3) is 5.91 Å². The van der Waals surface area contributed by atoms with Gasteiger partial charge in [-0.25, -0.2) is 47.2 Å². The highest BCUT2D eigenvalue weighted by Crippen LogP contribution is 2.47. The minimum Gasteiger partial charge on any atom is -0.459 e. The van der Waals surface area contributed by atoms with Gasteiger partial charge in [-0.05, 0) is 107 Å². The molecule has 30 nitrogen and oxygen atoms in total. The number of nitrogens with one attached hydrogen (secondary N) is 5. The lowest BCUT2D eigenvalue weighted by Gasteiger charge is -2.47. The number of aromatic nitrogens is 4. The van der Waals surface area contributed by atoms with E-state index < -0.39 is 191 Å². The zero-order valence-electron chi connectivity index (χ0n) is 60.5. The van der Waals surface area contributed by atoms with Crippen molar-refractivity contribution in [1.29, 1.82) is 0 Å². The summed E-state index contributed by atoms with van der Waals surface area (Å²) in [5.74, 6) is -3.42. The first-order valence-corrected chi connectivity index (χ1v) is 36.8. The van der Waals surface area contributed by atoms with Gasteiger partial charge in [0, 0.05) is 84.5 Å². The van der Waals surface area contributed by atoms with E-state index in [0.717, 1.165) is 38.3 Å². The third-order valence-electron chi connectivity index (χ3n) is 18.8. The lowest BCUT2D eigenvalue weighted by molar-refractivity contribution is -0.221. The number of ether oxygens (including phenoxy) is 4. The number of amides is 5. The summed E-state index contributed by atoms with van der Waals surface area (Å²) in [6.07, 6.45) is -13.1. The number of phosphoric acid groups is 2. The SMILES string of the molecule is COC(=O)N[C@H](C(=O)N[C@@H](Cc1ccc(C#Cc2cnc(N3CC4CCC(C3)N4C3COC3)nc2)cc1)[C@H](CN(Cc1c(F)cc(-c2ccn(C(F)F)n2)cc1F)NC(=O)[C@@H](NC(=O)OC)C(C)(C)C(F)(F)F)OC(=O)CC(C)(C)c1c(CC(=O)NCCOP(=O)(O)O)cc(C)cc1OP(=O)(O)O)C(C)(C)C(F)(F)F. The minimum atomic E-state index is -5.60. The molecule has 2 bridgehead atoms. The predicted molar refractivity (Wildman–Crippen MR) is 367 cm³/mol. The number of hydrazine groups is 1.